The van der Waals surface area contributed by atoms with E-state index in [4.69, 9.17) is 9.84 Å². The lowest BCUT2D eigenvalue weighted by atomic mass is 9.66. The molecule has 0 bridgehead atoms. The smallest absolute Gasteiger partial charge is 0.335 e. The van der Waals surface area contributed by atoms with E-state index in [1.54, 1.807) is 19.2 Å². The first-order valence-corrected chi connectivity index (χ1v) is 8.81. The van der Waals surface area contributed by atoms with Crippen molar-refractivity contribution < 1.29 is 14.6 Å². The summed E-state index contributed by atoms with van der Waals surface area (Å²) in [5.41, 5.74) is 4.11. The van der Waals surface area contributed by atoms with Gasteiger partial charge in [0.25, 0.3) is 0 Å². The van der Waals surface area contributed by atoms with Crippen LogP contribution in [0.5, 0.6) is 5.75 Å². The van der Waals surface area contributed by atoms with Gasteiger partial charge in [-0.3, -0.25) is 0 Å². The average Bonchev–Trinajstić information content (AvgIpc) is 3.03. The van der Waals surface area contributed by atoms with Crippen LogP contribution in [0.15, 0.2) is 42.5 Å². The van der Waals surface area contributed by atoms with E-state index in [1.165, 1.54) is 24.8 Å². The van der Waals surface area contributed by atoms with Gasteiger partial charge in [0.15, 0.2) is 0 Å². The van der Waals surface area contributed by atoms with Crippen molar-refractivity contribution in [2.45, 2.75) is 37.6 Å². The lowest BCUT2D eigenvalue weighted by Gasteiger charge is -2.44. The SMILES string of the molecule is COc1ccc2c(c1)[C@]1(C)CCC[C@@H]1[C@@H](c1ccc(C(=O)O)cc1)N2. The third-order valence-electron chi connectivity index (χ3n) is 6.10. The maximum Gasteiger partial charge on any atom is 0.335 e. The molecule has 1 fully saturated rings. The topological polar surface area (TPSA) is 58.6 Å². The molecular formula is C21H23NO3. The van der Waals surface area contributed by atoms with Gasteiger partial charge >= 0.3 is 5.97 Å². The summed E-state index contributed by atoms with van der Waals surface area (Å²) in [6.07, 6.45) is 3.55. The van der Waals surface area contributed by atoms with Crippen molar-refractivity contribution in [1.82, 2.24) is 0 Å². The Kier molecular flexibility index (Phi) is 3.71. The Labute approximate surface area is 147 Å². The van der Waals surface area contributed by atoms with E-state index in [0.717, 1.165) is 17.0 Å². The van der Waals surface area contributed by atoms with Gasteiger partial charge in [-0.2, -0.15) is 0 Å². The van der Waals surface area contributed by atoms with Gasteiger partial charge in [0, 0.05) is 5.69 Å². The molecule has 4 rings (SSSR count). The van der Waals surface area contributed by atoms with Crippen molar-refractivity contribution in [3.8, 4) is 5.75 Å². The van der Waals surface area contributed by atoms with Crippen LogP contribution in [0.1, 0.15) is 53.7 Å². The fourth-order valence-electron chi connectivity index (χ4n) is 4.73. The summed E-state index contributed by atoms with van der Waals surface area (Å²) < 4.78 is 5.44. The first-order chi connectivity index (χ1) is 12.0. The molecule has 0 unspecified atom stereocenters. The van der Waals surface area contributed by atoms with Crippen molar-refractivity contribution in [1.29, 1.82) is 0 Å². The number of carboxylic acids is 1. The van der Waals surface area contributed by atoms with Gasteiger partial charge in [0.05, 0.1) is 18.7 Å². The first kappa shape index (κ1) is 16.0. The van der Waals surface area contributed by atoms with E-state index in [9.17, 15) is 4.79 Å². The molecule has 2 aromatic carbocycles. The summed E-state index contributed by atoms with van der Waals surface area (Å²) in [6.45, 7) is 2.36. The zero-order valence-corrected chi connectivity index (χ0v) is 14.6. The molecular weight excluding hydrogens is 314 g/mol. The quantitative estimate of drug-likeness (QED) is 0.858. The normalized spacial score (nSPS) is 27.1. The van der Waals surface area contributed by atoms with Crippen molar-refractivity contribution in [3.63, 3.8) is 0 Å². The van der Waals surface area contributed by atoms with Crippen molar-refractivity contribution in [2.75, 3.05) is 12.4 Å². The third kappa shape index (κ3) is 2.48. The maximum atomic E-state index is 11.1. The zero-order chi connectivity index (χ0) is 17.6. The zero-order valence-electron chi connectivity index (χ0n) is 14.6. The molecule has 1 aliphatic heterocycles. The second-order valence-electron chi connectivity index (χ2n) is 7.38. The standard InChI is InChI=1S/C21H23NO3/c1-21-11-3-4-16(21)19(13-5-7-14(8-6-13)20(23)24)22-18-10-9-15(25-2)12-17(18)21/h5-10,12,16,19,22H,3-4,11H2,1-2H3,(H,23,24)/t16-,19-,21-/m1/s1. The molecule has 0 amide bonds. The predicted octanol–water partition coefficient (Wildman–Crippen LogP) is 4.62. The van der Waals surface area contributed by atoms with Gasteiger partial charge in [0.2, 0.25) is 0 Å². The fraction of sp³-hybridized carbons (Fsp3) is 0.381. The number of benzene rings is 2. The van der Waals surface area contributed by atoms with E-state index < -0.39 is 5.97 Å². The summed E-state index contributed by atoms with van der Waals surface area (Å²) in [5.74, 6) is 0.505. The lowest BCUT2D eigenvalue weighted by Crippen LogP contribution is -2.39. The molecule has 25 heavy (non-hydrogen) atoms. The van der Waals surface area contributed by atoms with Crippen LogP contribution in [0.4, 0.5) is 5.69 Å². The van der Waals surface area contributed by atoms with E-state index in [-0.39, 0.29) is 11.5 Å². The molecule has 2 aromatic rings. The number of hydrogen-bond donors (Lipinski definition) is 2. The fourth-order valence-corrected chi connectivity index (χ4v) is 4.73. The minimum atomic E-state index is -0.883. The molecule has 0 spiro atoms. The largest absolute Gasteiger partial charge is 0.497 e. The van der Waals surface area contributed by atoms with Crippen LogP contribution in [0.3, 0.4) is 0 Å². The Bertz CT molecular complexity index is 814. The van der Waals surface area contributed by atoms with Gasteiger partial charge < -0.3 is 15.2 Å². The Morgan fingerprint density at radius 1 is 1.24 bits per heavy atom. The van der Waals surface area contributed by atoms with Crippen molar-refractivity contribution in [3.05, 3.63) is 59.2 Å². The third-order valence-corrected chi connectivity index (χ3v) is 6.10. The summed E-state index contributed by atoms with van der Waals surface area (Å²) in [6, 6.07) is 13.8. The number of nitrogens with one attached hydrogen (secondary N) is 1. The molecule has 3 atom stereocenters. The second-order valence-corrected chi connectivity index (χ2v) is 7.38. The van der Waals surface area contributed by atoms with E-state index >= 15 is 0 Å². The molecule has 2 N–H and O–H groups in total. The molecule has 1 heterocycles. The number of rotatable bonds is 3. The number of ether oxygens (including phenoxy) is 1. The Morgan fingerprint density at radius 2 is 2.00 bits per heavy atom. The lowest BCUT2D eigenvalue weighted by molar-refractivity contribution is 0.0697. The molecule has 0 aromatic heterocycles. The monoisotopic (exact) mass is 337 g/mol. The van der Waals surface area contributed by atoms with Crippen molar-refractivity contribution >= 4 is 11.7 Å². The molecule has 2 aliphatic rings. The summed E-state index contributed by atoms with van der Waals surface area (Å²) >= 11 is 0. The second kappa shape index (κ2) is 5.80. The Balaban J connectivity index is 1.76. The van der Waals surface area contributed by atoms with Crippen LogP contribution in [-0.2, 0) is 5.41 Å². The van der Waals surface area contributed by atoms with Gasteiger partial charge in [-0.05, 0) is 65.6 Å². The Hall–Kier alpha value is -2.49. The van der Waals surface area contributed by atoms with Crippen LogP contribution in [0, 0.1) is 5.92 Å². The summed E-state index contributed by atoms with van der Waals surface area (Å²) in [7, 11) is 1.71. The molecule has 0 saturated heterocycles. The Morgan fingerprint density at radius 3 is 2.68 bits per heavy atom. The van der Waals surface area contributed by atoms with E-state index in [1.807, 2.05) is 18.2 Å². The van der Waals surface area contributed by atoms with Crippen LogP contribution >= 0.6 is 0 Å². The van der Waals surface area contributed by atoms with Gasteiger partial charge in [-0.25, -0.2) is 4.79 Å². The molecule has 1 saturated carbocycles. The number of aromatic carboxylic acids is 1. The number of anilines is 1. The number of fused-ring (bicyclic) bond motifs is 3. The van der Waals surface area contributed by atoms with Crippen LogP contribution in [0.25, 0.3) is 0 Å². The average molecular weight is 337 g/mol. The summed E-state index contributed by atoms with van der Waals surface area (Å²) in [5, 5.41) is 12.8. The number of carboxylic acid groups (broad SMARTS) is 1. The minimum Gasteiger partial charge on any atom is -0.497 e. The molecule has 130 valence electrons. The highest BCUT2D eigenvalue weighted by Crippen LogP contribution is 2.57. The van der Waals surface area contributed by atoms with E-state index in [0.29, 0.717) is 11.5 Å². The van der Waals surface area contributed by atoms with E-state index in [2.05, 4.69) is 24.4 Å². The highest BCUT2D eigenvalue weighted by molar-refractivity contribution is 5.87. The van der Waals surface area contributed by atoms with Crippen LogP contribution in [-0.4, -0.2) is 18.2 Å². The van der Waals surface area contributed by atoms with Crippen molar-refractivity contribution in [2.24, 2.45) is 5.92 Å². The highest BCUT2D eigenvalue weighted by atomic mass is 16.5. The predicted molar refractivity (Wildman–Crippen MR) is 97.5 cm³/mol. The van der Waals surface area contributed by atoms with Crippen LogP contribution < -0.4 is 10.1 Å². The molecule has 0 radical (unpaired) electrons. The number of methoxy groups -OCH3 is 1. The minimum absolute atomic E-state index is 0.116. The first-order valence-electron chi connectivity index (χ1n) is 8.81. The number of carbonyl (C=O) groups is 1. The molecule has 4 heteroatoms. The number of hydrogen-bond acceptors (Lipinski definition) is 3. The molecule has 4 nitrogen and oxygen atoms in total. The van der Waals surface area contributed by atoms with Gasteiger partial charge in [-0.1, -0.05) is 25.5 Å². The molecule has 1 aliphatic carbocycles. The van der Waals surface area contributed by atoms with Gasteiger partial charge in [0.1, 0.15) is 5.75 Å². The van der Waals surface area contributed by atoms with Crippen LogP contribution in [0.2, 0.25) is 0 Å². The maximum absolute atomic E-state index is 11.1. The highest BCUT2D eigenvalue weighted by Gasteiger charge is 2.48. The summed E-state index contributed by atoms with van der Waals surface area (Å²) in [4.78, 5) is 11.1. The van der Waals surface area contributed by atoms with Gasteiger partial charge in [-0.15, -0.1) is 0 Å².